The lowest BCUT2D eigenvalue weighted by molar-refractivity contribution is 0.191. The van der Waals surface area contributed by atoms with E-state index < -0.39 is 0 Å². The molecule has 1 aliphatic carbocycles. The Balaban J connectivity index is 1.95. The first-order valence-electron chi connectivity index (χ1n) is 8.02. The largest absolute Gasteiger partial charge is 0.316 e. The van der Waals surface area contributed by atoms with Gasteiger partial charge in [0.15, 0.2) is 0 Å². The maximum atomic E-state index is 13.8. The zero-order valence-electron chi connectivity index (χ0n) is 13.0. The number of rotatable bonds is 5. The van der Waals surface area contributed by atoms with Gasteiger partial charge in [-0.3, -0.25) is 0 Å². The molecule has 1 saturated carbocycles. The Morgan fingerprint density at radius 3 is 2.25 bits per heavy atom. The van der Waals surface area contributed by atoms with Crippen LogP contribution in [0, 0.1) is 23.6 Å². The van der Waals surface area contributed by atoms with Gasteiger partial charge in [-0.2, -0.15) is 0 Å². The number of hydrogen-bond acceptors (Lipinski definition) is 1. The van der Waals surface area contributed by atoms with Crippen LogP contribution in [0.3, 0.4) is 0 Å². The summed E-state index contributed by atoms with van der Waals surface area (Å²) in [4.78, 5) is 0. The Morgan fingerprint density at radius 2 is 1.70 bits per heavy atom. The van der Waals surface area contributed by atoms with Gasteiger partial charge in [-0.1, -0.05) is 32.0 Å². The van der Waals surface area contributed by atoms with Crippen molar-refractivity contribution in [1.29, 1.82) is 0 Å². The Labute approximate surface area is 123 Å². The predicted octanol–water partition coefficient (Wildman–Crippen LogP) is 4.42. The maximum Gasteiger partial charge on any atom is 0.126 e. The van der Waals surface area contributed by atoms with E-state index in [4.69, 9.17) is 0 Å². The smallest absolute Gasteiger partial charge is 0.126 e. The zero-order chi connectivity index (χ0) is 14.5. The zero-order valence-corrected chi connectivity index (χ0v) is 13.0. The van der Waals surface area contributed by atoms with Crippen molar-refractivity contribution in [3.05, 3.63) is 35.6 Å². The van der Waals surface area contributed by atoms with Gasteiger partial charge in [-0.15, -0.1) is 0 Å². The highest BCUT2D eigenvalue weighted by atomic mass is 19.1. The van der Waals surface area contributed by atoms with E-state index in [1.54, 1.807) is 12.1 Å². The van der Waals surface area contributed by atoms with Crippen LogP contribution in [-0.2, 0) is 6.42 Å². The fourth-order valence-electron chi connectivity index (χ4n) is 3.62. The van der Waals surface area contributed by atoms with Crippen molar-refractivity contribution in [3.8, 4) is 0 Å². The molecule has 1 aromatic rings. The molecule has 1 aromatic carbocycles. The summed E-state index contributed by atoms with van der Waals surface area (Å²) in [5, 5.41) is 3.42. The van der Waals surface area contributed by atoms with Crippen LogP contribution in [0.25, 0.3) is 0 Å². The Kier molecular flexibility index (Phi) is 5.59. The molecule has 0 amide bonds. The summed E-state index contributed by atoms with van der Waals surface area (Å²) in [6.45, 7) is 4.67. The number of likely N-dealkylation sites (N-methyl/N-ethyl adjacent to an activating group) is 1. The van der Waals surface area contributed by atoms with E-state index in [0.717, 1.165) is 23.8 Å². The molecule has 1 unspecified atom stereocenters. The van der Waals surface area contributed by atoms with Crippen LogP contribution >= 0.6 is 0 Å². The van der Waals surface area contributed by atoms with Gasteiger partial charge in [-0.25, -0.2) is 4.39 Å². The van der Waals surface area contributed by atoms with Crippen molar-refractivity contribution in [2.45, 2.75) is 52.0 Å². The highest BCUT2D eigenvalue weighted by Crippen LogP contribution is 2.35. The van der Waals surface area contributed by atoms with Crippen LogP contribution in [0.2, 0.25) is 0 Å². The monoisotopic (exact) mass is 277 g/mol. The van der Waals surface area contributed by atoms with E-state index in [2.05, 4.69) is 19.2 Å². The lowest BCUT2D eigenvalue weighted by Gasteiger charge is -2.35. The second-order valence-electron chi connectivity index (χ2n) is 6.61. The molecule has 1 N–H and O–H groups in total. The van der Waals surface area contributed by atoms with E-state index in [9.17, 15) is 4.39 Å². The molecule has 0 bridgehead atoms. The first kappa shape index (κ1) is 15.5. The molecule has 0 aliphatic heterocycles. The first-order valence-corrected chi connectivity index (χ1v) is 8.02. The Hall–Kier alpha value is -0.890. The molecule has 2 rings (SSSR count). The maximum absolute atomic E-state index is 13.8. The number of hydrogen-bond donors (Lipinski definition) is 1. The molecule has 0 heterocycles. The van der Waals surface area contributed by atoms with Crippen LogP contribution in [0.5, 0.6) is 0 Å². The van der Waals surface area contributed by atoms with Crippen molar-refractivity contribution >= 4 is 0 Å². The van der Waals surface area contributed by atoms with Gasteiger partial charge in [0, 0.05) is 6.04 Å². The molecule has 112 valence electrons. The third-order valence-corrected chi connectivity index (χ3v) is 5.10. The molecular weight excluding hydrogens is 249 g/mol. The van der Waals surface area contributed by atoms with Gasteiger partial charge in [0.25, 0.3) is 0 Å². The molecule has 1 atom stereocenters. The second-order valence-corrected chi connectivity index (χ2v) is 6.61. The number of halogens is 1. The fraction of sp³-hybridized carbons (Fsp3) is 0.667. The van der Waals surface area contributed by atoms with Crippen molar-refractivity contribution in [1.82, 2.24) is 5.32 Å². The lowest BCUT2D eigenvalue weighted by atomic mass is 9.73. The van der Waals surface area contributed by atoms with Gasteiger partial charge in [0.05, 0.1) is 0 Å². The summed E-state index contributed by atoms with van der Waals surface area (Å²) in [7, 11) is 2.01. The third-order valence-electron chi connectivity index (χ3n) is 5.10. The van der Waals surface area contributed by atoms with Crippen LogP contribution in [0.1, 0.15) is 45.1 Å². The highest BCUT2D eigenvalue weighted by molar-refractivity contribution is 5.18. The average Bonchev–Trinajstić information content (AvgIpc) is 2.46. The predicted molar refractivity (Wildman–Crippen MR) is 83.2 cm³/mol. The Bertz CT molecular complexity index is 408. The van der Waals surface area contributed by atoms with Gasteiger partial charge < -0.3 is 5.32 Å². The van der Waals surface area contributed by atoms with Crippen LogP contribution in [-0.4, -0.2) is 13.1 Å². The molecule has 0 radical (unpaired) electrons. The summed E-state index contributed by atoms with van der Waals surface area (Å²) in [5.74, 6) is 2.31. The molecule has 0 spiro atoms. The SMILES string of the molecule is CNC(Cc1ccccc1F)C1CCC(C(C)C)CC1. The standard InChI is InChI=1S/C18H28FN/c1-13(2)14-8-10-15(11-9-14)18(20-3)12-16-6-4-5-7-17(16)19/h4-7,13-15,18,20H,8-12H2,1-3H3. The minimum atomic E-state index is -0.0661. The van der Waals surface area contributed by atoms with E-state index in [1.165, 1.54) is 25.7 Å². The molecule has 0 saturated heterocycles. The summed E-state index contributed by atoms with van der Waals surface area (Å²) < 4.78 is 13.8. The van der Waals surface area contributed by atoms with Gasteiger partial charge in [-0.05, 0) is 68.5 Å². The van der Waals surface area contributed by atoms with E-state index in [0.29, 0.717) is 12.0 Å². The minimum Gasteiger partial charge on any atom is -0.316 e. The van der Waals surface area contributed by atoms with Gasteiger partial charge >= 0.3 is 0 Å². The number of benzene rings is 1. The fourth-order valence-corrected chi connectivity index (χ4v) is 3.62. The van der Waals surface area contributed by atoms with E-state index in [1.807, 2.05) is 19.2 Å². The summed E-state index contributed by atoms with van der Waals surface area (Å²) in [5.41, 5.74) is 0.845. The van der Waals surface area contributed by atoms with Crippen LogP contribution < -0.4 is 5.32 Å². The quantitative estimate of drug-likeness (QED) is 0.840. The van der Waals surface area contributed by atoms with Gasteiger partial charge in [0.1, 0.15) is 5.82 Å². The average molecular weight is 277 g/mol. The molecule has 20 heavy (non-hydrogen) atoms. The van der Waals surface area contributed by atoms with Crippen molar-refractivity contribution in [2.75, 3.05) is 7.05 Å². The third kappa shape index (κ3) is 3.82. The second kappa shape index (κ2) is 7.21. The summed E-state index contributed by atoms with van der Waals surface area (Å²) in [6.07, 6.45) is 6.03. The van der Waals surface area contributed by atoms with Crippen molar-refractivity contribution in [3.63, 3.8) is 0 Å². The van der Waals surface area contributed by atoms with Crippen molar-refractivity contribution in [2.24, 2.45) is 17.8 Å². The van der Waals surface area contributed by atoms with Gasteiger partial charge in [0.2, 0.25) is 0 Å². The number of nitrogens with one attached hydrogen (secondary N) is 1. The van der Waals surface area contributed by atoms with Crippen molar-refractivity contribution < 1.29 is 4.39 Å². The molecule has 2 heteroatoms. The van der Waals surface area contributed by atoms with Crippen LogP contribution in [0.4, 0.5) is 4.39 Å². The highest BCUT2D eigenvalue weighted by Gasteiger charge is 2.28. The van der Waals surface area contributed by atoms with Crippen LogP contribution in [0.15, 0.2) is 24.3 Å². The minimum absolute atomic E-state index is 0.0661. The van der Waals surface area contributed by atoms with E-state index in [-0.39, 0.29) is 5.82 Å². The normalized spacial score (nSPS) is 24.9. The molecular formula is C18H28FN. The first-order chi connectivity index (χ1) is 9.61. The molecule has 1 aliphatic rings. The summed E-state index contributed by atoms with van der Waals surface area (Å²) in [6, 6.07) is 7.58. The molecule has 1 fully saturated rings. The molecule has 1 nitrogen and oxygen atoms in total. The molecule has 0 aromatic heterocycles. The topological polar surface area (TPSA) is 12.0 Å². The van der Waals surface area contributed by atoms with E-state index >= 15 is 0 Å². The Morgan fingerprint density at radius 1 is 1.10 bits per heavy atom. The summed E-state index contributed by atoms with van der Waals surface area (Å²) >= 11 is 0. The lowest BCUT2D eigenvalue weighted by Crippen LogP contribution is -2.38.